The topological polar surface area (TPSA) is 99.8 Å². The van der Waals surface area contributed by atoms with E-state index in [9.17, 15) is 14.9 Å². The Kier molecular flexibility index (Phi) is 6.37. The number of carbonyl (C=O) groups is 2. The summed E-state index contributed by atoms with van der Waals surface area (Å²) in [6.45, 7) is 3.43. The van der Waals surface area contributed by atoms with E-state index in [0.29, 0.717) is 22.6 Å². The maximum absolute atomic E-state index is 12.5. The number of aryl methyl sites for hydroxylation is 1. The van der Waals surface area contributed by atoms with E-state index in [1.165, 1.54) is 12.1 Å². The van der Waals surface area contributed by atoms with Crippen LogP contribution in [0.5, 0.6) is 17.2 Å². The lowest BCUT2D eigenvalue weighted by Crippen LogP contribution is -2.15. The maximum atomic E-state index is 12.5. The zero-order chi connectivity index (χ0) is 24.2. The number of nitriles is 1. The zero-order valence-electron chi connectivity index (χ0n) is 19.0. The standard InChI is InChI=1S/C26H22N2O6/c1-16-10-19(17(2)28(16)21-5-7-22(31-3)8-6-21)11-20(13-27)26(30)32-14-23(29)18-4-9-24-25(12-18)34-15-33-24/h4-12H,14-15H2,1-3H3/b20-11-. The number of esters is 1. The Morgan fingerprint density at radius 2 is 1.82 bits per heavy atom. The monoisotopic (exact) mass is 458 g/mol. The molecule has 0 amide bonds. The Morgan fingerprint density at radius 3 is 2.53 bits per heavy atom. The van der Waals surface area contributed by atoms with Gasteiger partial charge in [0.2, 0.25) is 6.79 Å². The predicted octanol–water partition coefficient (Wildman–Crippen LogP) is 4.16. The molecule has 0 spiro atoms. The Labute approximate surface area is 196 Å². The van der Waals surface area contributed by atoms with E-state index in [1.54, 1.807) is 19.2 Å². The van der Waals surface area contributed by atoms with Gasteiger partial charge in [0.15, 0.2) is 23.9 Å². The Balaban J connectivity index is 1.49. The van der Waals surface area contributed by atoms with E-state index in [1.807, 2.05) is 54.8 Å². The maximum Gasteiger partial charge on any atom is 0.349 e. The summed E-state index contributed by atoms with van der Waals surface area (Å²) in [6.07, 6.45) is 1.47. The number of nitrogens with zero attached hydrogens (tertiary/aromatic N) is 2. The van der Waals surface area contributed by atoms with Crippen LogP contribution in [-0.4, -0.2) is 36.8 Å². The molecular formula is C26H22N2O6. The molecular weight excluding hydrogens is 436 g/mol. The van der Waals surface area contributed by atoms with Crippen molar-refractivity contribution < 1.29 is 28.5 Å². The second kappa shape index (κ2) is 9.55. The van der Waals surface area contributed by atoms with Gasteiger partial charge in [-0.25, -0.2) is 4.79 Å². The van der Waals surface area contributed by atoms with Crippen LogP contribution < -0.4 is 14.2 Å². The van der Waals surface area contributed by atoms with Crippen LogP contribution in [0, 0.1) is 25.2 Å². The summed E-state index contributed by atoms with van der Waals surface area (Å²) in [5, 5.41) is 9.53. The van der Waals surface area contributed by atoms with Crippen molar-refractivity contribution in [1.82, 2.24) is 4.57 Å². The average molecular weight is 458 g/mol. The molecule has 0 fully saturated rings. The summed E-state index contributed by atoms with van der Waals surface area (Å²) in [4.78, 5) is 24.9. The molecule has 1 aliphatic rings. The van der Waals surface area contributed by atoms with Crippen LogP contribution in [0.25, 0.3) is 11.8 Å². The molecule has 0 saturated carbocycles. The normalized spacial score (nSPS) is 12.2. The fourth-order valence-electron chi connectivity index (χ4n) is 3.72. The highest BCUT2D eigenvalue weighted by molar-refractivity contribution is 6.02. The first-order valence-electron chi connectivity index (χ1n) is 10.5. The molecule has 1 aliphatic heterocycles. The highest BCUT2D eigenvalue weighted by Gasteiger charge is 2.19. The number of carbonyl (C=O) groups excluding carboxylic acids is 2. The van der Waals surface area contributed by atoms with Crippen molar-refractivity contribution in [2.75, 3.05) is 20.5 Å². The second-order valence-electron chi connectivity index (χ2n) is 7.60. The van der Waals surface area contributed by atoms with Crippen LogP contribution in [0.15, 0.2) is 54.1 Å². The van der Waals surface area contributed by atoms with Crippen LogP contribution in [0.3, 0.4) is 0 Å². The number of methoxy groups -OCH3 is 1. The van der Waals surface area contributed by atoms with Crippen molar-refractivity contribution in [3.05, 3.63) is 76.6 Å². The van der Waals surface area contributed by atoms with E-state index in [0.717, 1.165) is 22.8 Å². The molecule has 0 bridgehead atoms. The highest BCUT2D eigenvalue weighted by atomic mass is 16.7. The number of rotatable bonds is 7. The first-order chi connectivity index (χ1) is 16.4. The number of hydrogen-bond donors (Lipinski definition) is 0. The van der Waals surface area contributed by atoms with Gasteiger partial charge in [-0.2, -0.15) is 5.26 Å². The van der Waals surface area contributed by atoms with E-state index in [2.05, 4.69) is 0 Å². The van der Waals surface area contributed by atoms with Gasteiger partial charge < -0.3 is 23.5 Å². The summed E-state index contributed by atoms with van der Waals surface area (Å²) >= 11 is 0. The lowest BCUT2D eigenvalue weighted by Gasteiger charge is -2.10. The van der Waals surface area contributed by atoms with Crippen molar-refractivity contribution in [3.63, 3.8) is 0 Å². The fraction of sp³-hybridized carbons (Fsp3) is 0.192. The number of ether oxygens (including phenoxy) is 4. The molecule has 2 heterocycles. The quantitative estimate of drug-likeness (QED) is 0.227. The van der Waals surface area contributed by atoms with Gasteiger partial charge >= 0.3 is 5.97 Å². The third-order valence-electron chi connectivity index (χ3n) is 5.47. The van der Waals surface area contributed by atoms with Crippen molar-refractivity contribution >= 4 is 17.8 Å². The van der Waals surface area contributed by atoms with Crippen LogP contribution in [0.4, 0.5) is 0 Å². The van der Waals surface area contributed by atoms with Crippen LogP contribution in [0.2, 0.25) is 0 Å². The van der Waals surface area contributed by atoms with Gasteiger partial charge in [0.05, 0.1) is 7.11 Å². The molecule has 4 rings (SSSR count). The first kappa shape index (κ1) is 22.7. The second-order valence-corrected chi connectivity index (χ2v) is 7.60. The molecule has 8 nitrogen and oxygen atoms in total. The average Bonchev–Trinajstić information content (AvgIpc) is 3.43. The Hall–Kier alpha value is -4.51. The van der Waals surface area contributed by atoms with Crippen molar-refractivity contribution in [1.29, 1.82) is 5.26 Å². The molecule has 172 valence electrons. The summed E-state index contributed by atoms with van der Waals surface area (Å²) in [5.74, 6) is 0.473. The van der Waals surface area contributed by atoms with E-state index in [-0.39, 0.29) is 12.4 Å². The first-order valence-corrected chi connectivity index (χ1v) is 10.5. The molecule has 0 N–H and O–H groups in total. The summed E-state index contributed by atoms with van der Waals surface area (Å²) in [6, 6.07) is 16.0. The molecule has 0 aliphatic carbocycles. The molecule has 8 heteroatoms. The zero-order valence-corrected chi connectivity index (χ0v) is 19.0. The third-order valence-corrected chi connectivity index (χ3v) is 5.47. The Bertz CT molecular complexity index is 1330. The number of ketones is 1. The Morgan fingerprint density at radius 1 is 1.09 bits per heavy atom. The van der Waals surface area contributed by atoms with Crippen LogP contribution >= 0.6 is 0 Å². The minimum atomic E-state index is -0.870. The molecule has 0 unspecified atom stereocenters. The minimum Gasteiger partial charge on any atom is -0.497 e. The lowest BCUT2D eigenvalue weighted by molar-refractivity contribution is -0.137. The van der Waals surface area contributed by atoms with Crippen molar-refractivity contribution in [3.8, 4) is 29.0 Å². The van der Waals surface area contributed by atoms with Gasteiger partial charge in [-0.1, -0.05) is 0 Å². The predicted molar refractivity (Wildman–Crippen MR) is 123 cm³/mol. The molecule has 3 aromatic rings. The summed E-state index contributed by atoms with van der Waals surface area (Å²) in [7, 11) is 1.61. The van der Waals surface area contributed by atoms with Gasteiger partial charge in [0, 0.05) is 22.6 Å². The van der Waals surface area contributed by atoms with Gasteiger partial charge in [-0.05, 0) is 74.0 Å². The molecule has 0 radical (unpaired) electrons. The SMILES string of the molecule is COc1ccc(-n2c(C)cc(/C=C(/C#N)C(=O)OCC(=O)c3ccc4c(c3)OCO4)c2C)cc1. The lowest BCUT2D eigenvalue weighted by atomic mass is 10.1. The number of benzene rings is 2. The highest BCUT2D eigenvalue weighted by Crippen LogP contribution is 2.32. The van der Waals surface area contributed by atoms with Crippen LogP contribution in [0.1, 0.15) is 27.3 Å². The van der Waals surface area contributed by atoms with E-state index in [4.69, 9.17) is 18.9 Å². The number of hydrogen-bond acceptors (Lipinski definition) is 7. The van der Waals surface area contributed by atoms with Crippen LogP contribution in [-0.2, 0) is 9.53 Å². The summed E-state index contributed by atoms with van der Waals surface area (Å²) < 4.78 is 22.8. The van der Waals surface area contributed by atoms with Gasteiger partial charge in [0.25, 0.3) is 0 Å². The fourth-order valence-corrected chi connectivity index (χ4v) is 3.72. The molecule has 0 saturated heterocycles. The molecule has 34 heavy (non-hydrogen) atoms. The van der Waals surface area contributed by atoms with E-state index >= 15 is 0 Å². The van der Waals surface area contributed by atoms with Crippen molar-refractivity contribution in [2.24, 2.45) is 0 Å². The van der Waals surface area contributed by atoms with Gasteiger partial charge in [0.1, 0.15) is 17.4 Å². The molecule has 2 aromatic carbocycles. The number of fused-ring (bicyclic) bond motifs is 1. The van der Waals surface area contributed by atoms with Gasteiger partial charge in [-0.3, -0.25) is 4.79 Å². The number of aromatic nitrogens is 1. The third kappa shape index (κ3) is 4.50. The summed E-state index contributed by atoms with van der Waals surface area (Å²) in [5.41, 5.74) is 3.52. The molecule has 0 atom stereocenters. The number of Topliss-reactive ketones (excluding diaryl/α,β-unsaturated/α-hetero) is 1. The minimum absolute atomic E-state index is 0.0946. The smallest absolute Gasteiger partial charge is 0.349 e. The van der Waals surface area contributed by atoms with Crippen molar-refractivity contribution in [2.45, 2.75) is 13.8 Å². The largest absolute Gasteiger partial charge is 0.497 e. The van der Waals surface area contributed by atoms with E-state index < -0.39 is 18.4 Å². The van der Waals surface area contributed by atoms with Gasteiger partial charge in [-0.15, -0.1) is 0 Å². The molecule has 1 aromatic heterocycles.